The van der Waals surface area contributed by atoms with Crippen molar-refractivity contribution in [1.82, 2.24) is 0 Å². The molecule has 0 N–H and O–H groups in total. The van der Waals surface area contributed by atoms with Crippen molar-refractivity contribution in [2.75, 3.05) is 6.61 Å². The summed E-state index contributed by atoms with van der Waals surface area (Å²) in [6.07, 6.45) is 0. The van der Waals surface area contributed by atoms with Gasteiger partial charge in [-0.05, 0) is 19.6 Å². The average molecular weight is 277 g/mol. The van der Waals surface area contributed by atoms with Crippen molar-refractivity contribution in [3.05, 3.63) is 35.9 Å². The molecule has 1 aromatic carbocycles. The highest BCUT2D eigenvalue weighted by Crippen LogP contribution is 2.29. The predicted octanol–water partition coefficient (Wildman–Crippen LogP) is 2.82. The number of carbonyl (C=O) groups is 1. The van der Waals surface area contributed by atoms with E-state index in [1.807, 2.05) is 50.0 Å². The van der Waals surface area contributed by atoms with E-state index in [9.17, 15) is 10.1 Å². The summed E-state index contributed by atoms with van der Waals surface area (Å²) < 4.78 is 11.0. The lowest BCUT2D eigenvalue weighted by atomic mass is 9.96. The van der Waals surface area contributed by atoms with Gasteiger partial charge < -0.3 is 9.16 Å². The topological polar surface area (TPSA) is 59.3 Å². The highest BCUT2D eigenvalue weighted by atomic mass is 28.4. The van der Waals surface area contributed by atoms with Crippen molar-refractivity contribution in [1.29, 1.82) is 5.26 Å². The predicted molar refractivity (Wildman–Crippen MR) is 74.8 cm³/mol. The minimum atomic E-state index is -1.98. The normalized spacial score (nSPS) is 14.3. The van der Waals surface area contributed by atoms with Crippen molar-refractivity contribution in [2.24, 2.45) is 0 Å². The maximum absolute atomic E-state index is 11.0. The van der Waals surface area contributed by atoms with Gasteiger partial charge in [0, 0.05) is 12.5 Å². The molecular weight excluding hydrogens is 258 g/mol. The Labute approximate surface area is 115 Å². The van der Waals surface area contributed by atoms with Crippen LogP contribution in [0.1, 0.15) is 12.5 Å². The lowest BCUT2D eigenvalue weighted by molar-refractivity contribution is -0.145. The minimum absolute atomic E-state index is 0.0902. The molecule has 1 atom stereocenters. The number of benzene rings is 1. The average Bonchev–Trinajstić information content (AvgIpc) is 2.34. The Bertz CT molecular complexity index is 476. The Morgan fingerprint density at radius 2 is 1.89 bits per heavy atom. The van der Waals surface area contributed by atoms with Crippen LogP contribution in [0.3, 0.4) is 0 Å². The number of carbonyl (C=O) groups excluding carboxylic acids is 1. The summed E-state index contributed by atoms with van der Waals surface area (Å²) >= 11 is 0. The zero-order valence-corrected chi connectivity index (χ0v) is 12.8. The van der Waals surface area contributed by atoms with Crippen LogP contribution >= 0.6 is 0 Å². The lowest BCUT2D eigenvalue weighted by Crippen LogP contribution is -2.43. The van der Waals surface area contributed by atoms with Gasteiger partial charge in [0.05, 0.1) is 0 Å². The zero-order valence-electron chi connectivity index (χ0n) is 11.8. The molecule has 0 saturated carbocycles. The van der Waals surface area contributed by atoms with E-state index in [4.69, 9.17) is 9.16 Å². The van der Waals surface area contributed by atoms with Gasteiger partial charge in [0.25, 0.3) is 0 Å². The Morgan fingerprint density at radius 3 is 2.32 bits per heavy atom. The van der Waals surface area contributed by atoms with E-state index in [1.165, 1.54) is 6.92 Å². The van der Waals surface area contributed by atoms with Crippen LogP contribution in [-0.2, 0) is 19.6 Å². The summed E-state index contributed by atoms with van der Waals surface area (Å²) in [4.78, 5) is 11.0. The van der Waals surface area contributed by atoms with Gasteiger partial charge >= 0.3 is 5.97 Å². The molecule has 0 radical (unpaired) electrons. The van der Waals surface area contributed by atoms with Gasteiger partial charge in [-0.1, -0.05) is 30.3 Å². The highest BCUT2D eigenvalue weighted by Gasteiger charge is 2.39. The SMILES string of the molecule is CC(=O)OCC(C#N)(O[Si](C)(C)C)c1ccccc1. The number of rotatable bonds is 5. The molecule has 0 aliphatic heterocycles. The van der Waals surface area contributed by atoms with E-state index < -0.39 is 19.9 Å². The van der Waals surface area contributed by atoms with E-state index in [1.54, 1.807) is 0 Å². The smallest absolute Gasteiger partial charge is 0.302 e. The molecule has 0 heterocycles. The van der Waals surface area contributed by atoms with Crippen LogP contribution in [0.25, 0.3) is 0 Å². The van der Waals surface area contributed by atoms with Gasteiger partial charge in [0.2, 0.25) is 5.60 Å². The largest absolute Gasteiger partial charge is 0.461 e. The number of hydrogen-bond donors (Lipinski definition) is 0. The van der Waals surface area contributed by atoms with Crippen LogP contribution in [0, 0.1) is 11.3 Å². The summed E-state index contributed by atoms with van der Waals surface area (Å²) in [6.45, 7) is 7.22. The van der Waals surface area contributed by atoms with E-state index in [2.05, 4.69) is 6.07 Å². The first-order valence-electron chi connectivity index (χ1n) is 6.09. The molecule has 0 saturated heterocycles. The molecule has 102 valence electrons. The number of ether oxygens (including phenoxy) is 1. The monoisotopic (exact) mass is 277 g/mol. The second kappa shape index (κ2) is 6.00. The summed E-state index contributed by atoms with van der Waals surface area (Å²) in [5.41, 5.74) is -0.515. The van der Waals surface area contributed by atoms with Crippen LogP contribution in [0.2, 0.25) is 19.6 Å². The summed E-state index contributed by atoms with van der Waals surface area (Å²) in [5, 5.41) is 9.56. The second-order valence-electron chi connectivity index (χ2n) is 5.30. The molecule has 1 aromatic rings. The minimum Gasteiger partial charge on any atom is -0.461 e. The molecule has 0 spiro atoms. The Morgan fingerprint density at radius 1 is 1.32 bits per heavy atom. The van der Waals surface area contributed by atoms with E-state index in [0.29, 0.717) is 5.56 Å². The number of esters is 1. The van der Waals surface area contributed by atoms with Crippen LogP contribution in [0.5, 0.6) is 0 Å². The van der Waals surface area contributed by atoms with E-state index in [0.717, 1.165) is 0 Å². The van der Waals surface area contributed by atoms with Crippen molar-refractivity contribution >= 4 is 14.3 Å². The zero-order chi connectivity index (χ0) is 14.5. The van der Waals surface area contributed by atoms with Crippen LogP contribution < -0.4 is 0 Å². The van der Waals surface area contributed by atoms with Gasteiger partial charge in [-0.15, -0.1) is 0 Å². The molecular formula is C14H19NO3Si. The highest BCUT2D eigenvalue weighted by molar-refractivity contribution is 6.69. The van der Waals surface area contributed by atoms with Gasteiger partial charge in [-0.2, -0.15) is 5.26 Å². The molecule has 0 aliphatic carbocycles. The Hall–Kier alpha value is -1.64. The van der Waals surface area contributed by atoms with Gasteiger partial charge in [0.1, 0.15) is 12.7 Å². The fourth-order valence-electron chi connectivity index (χ4n) is 1.72. The first-order valence-corrected chi connectivity index (χ1v) is 9.50. The first kappa shape index (κ1) is 15.4. The molecule has 0 aromatic heterocycles. The molecule has 19 heavy (non-hydrogen) atoms. The Balaban J connectivity index is 3.14. The third-order valence-electron chi connectivity index (χ3n) is 2.38. The molecule has 0 amide bonds. The van der Waals surface area contributed by atoms with Gasteiger partial charge in [-0.3, -0.25) is 4.79 Å². The van der Waals surface area contributed by atoms with Gasteiger partial charge in [-0.25, -0.2) is 0 Å². The molecule has 1 unspecified atom stereocenters. The Kier molecular flexibility index (Phi) is 4.87. The fraction of sp³-hybridized carbons (Fsp3) is 0.429. The van der Waals surface area contributed by atoms with Crippen molar-refractivity contribution in [2.45, 2.75) is 32.2 Å². The van der Waals surface area contributed by atoms with E-state index >= 15 is 0 Å². The van der Waals surface area contributed by atoms with Crippen LogP contribution in [-0.4, -0.2) is 20.9 Å². The van der Waals surface area contributed by atoms with Crippen molar-refractivity contribution in [3.8, 4) is 6.07 Å². The van der Waals surface area contributed by atoms with E-state index in [-0.39, 0.29) is 6.61 Å². The molecule has 0 fully saturated rings. The molecule has 4 nitrogen and oxygen atoms in total. The van der Waals surface area contributed by atoms with Crippen LogP contribution in [0.4, 0.5) is 0 Å². The maximum Gasteiger partial charge on any atom is 0.302 e. The molecule has 0 bridgehead atoms. The number of nitriles is 1. The number of nitrogens with zero attached hydrogens (tertiary/aromatic N) is 1. The third-order valence-corrected chi connectivity index (χ3v) is 3.34. The second-order valence-corrected chi connectivity index (χ2v) is 9.73. The summed E-state index contributed by atoms with van der Waals surface area (Å²) in [6, 6.07) is 11.3. The van der Waals surface area contributed by atoms with Crippen LogP contribution in [0.15, 0.2) is 30.3 Å². The summed E-state index contributed by atoms with van der Waals surface area (Å²) in [7, 11) is -1.98. The first-order chi connectivity index (χ1) is 8.79. The standard InChI is InChI=1S/C14H19NO3Si/c1-12(16)17-11-14(10-15,18-19(2,3)4)13-8-6-5-7-9-13/h5-9H,11H2,1-4H3. The fourth-order valence-corrected chi connectivity index (χ4v) is 2.99. The number of hydrogen-bond acceptors (Lipinski definition) is 4. The maximum atomic E-state index is 11.0. The molecule has 5 heteroatoms. The van der Waals surface area contributed by atoms with Gasteiger partial charge in [0.15, 0.2) is 8.32 Å². The lowest BCUT2D eigenvalue weighted by Gasteiger charge is -2.33. The third kappa shape index (κ3) is 4.50. The molecule has 1 rings (SSSR count). The molecule has 0 aliphatic rings. The van der Waals surface area contributed by atoms with Crippen molar-refractivity contribution in [3.63, 3.8) is 0 Å². The summed E-state index contributed by atoms with van der Waals surface area (Å²) in [5.74, 6) is -0.422. The van der Waals surface area contributed by atoms with Crippen molar-refractivity contribution < 1.29 is 14.0 Å². The quantitative estimate of drug-likeness (QED) is 0.613.